The van der Waals surface area contributed by atoms with E-state index in [0.29, 0.717) is 10.1 Å². The molecule has 0 aliphatic heterocycles. The van der Waals surface area contributed by atoms with Gasteiger partial charge in [0.25, 0.3) is 0 Å². The van der Waals surface area contributed by atoms with E-state index >= 15 is 0 Å². The third kappa shape index (κ3) is 4.27. The van der Waals surface area contributed by atoms with Crippen molar-refractivity contribution in [2.75, 3.05) is 5.32 Å². The highest BCUT2D eigenvalue weighted by Gasteiger charge is 2.08. The van der Waals surface area contributed by atoms with Crippen molar-refractivity contribution in [2.24, 2.45) is 0 Å². The van der Waals surface area contributed by atoms with Crippen LogP contribution in [-0.2, 0) is 11.2 Å². The lowest BCUT2D eigenvalue weighted by atomic mass is 10.1. The lowest BCUT2D eigenvalue weighted by Gasteiger charge is -2.01. The Bertz CT molecular complexity index is 825. The smallest absolute Gasteiger partial charge is 0.230 e. The van der Waals surface area contributed by atoms with E-state index in [-0.39, 0.29) is 18.1 Å². The molecule has 1 aromatic carbocycles. The summed E-state index contributed by atoms with van der Waals surface area (Å²) >= 11 is 1.26. The lowest BCUT2D eigenvalue weighted by molar-refractivity contribution is -0.115. The Balaban J connectivity index is 1.59. The van der Waals surface area contributed by atoms with Crippen molar-refractivity contribution < 1.29 is 14.3 Å². The molecule has 0 radical (unpaired) electrons. The number of nitrogens with one attached hydrogen (secondary N) is 1. The number of nitrogens with zero attached hydrogens (tertiary/aromatic N) is 2. The van der Waals surface area contributed by atoms with Gasteiger partial charge in [0.05, 0.1) is 12.7 Å². The van der Waals surface area contributed by atoms with Gasteiger partial charge in [-0.05, 0) is 42.0 Å². The number of hydrogen-bond acceptors (Lipinski definition) is 6. The van der Waals surface area contributed by atoms with E-state index in [1.807, 2.05) is 6.07 Å². The summed E-state index contributed by atoms with van der Waals surface area (Å²) in [4.78, 5) is 12.0. The molecule has 3 aromatic rings. The van der Waals surface area contributed by atoms with Crippen molar-refractivity contribution in [3.63, 3.8) is 0 Å². The average Bonchev–Trinajstić information content (AvgIpc) is 3.16. The maximum atomic E-state index is 12.0. The predicted octanol–water partition coefficient (Wildman–Crippen LogP) is 3.19. The molecule has 2 aromatic heterocycles. The molecule has 2 N–H and O–H groups in total. The molecular formula is C16H13N3O3S. The molecule has 2 heterocycles. The van der Waals surface area contributed by atoms with E-state index in [1.165, 1.54) is 11.3 Å². The van der Waals surface area contributed by atoms with E-state index < -0.39 is 0 Å². The number of aromatic nitrogens is 2. The monoisotopic (exact) mass is 327 g/mol. The van der Waals surface area contributed by atoms with Gasteiger partial charge in [0, 0.05) is 0 Å². The molecule has 6 nitrogen and oxygen atoms in total. The van der Waals surface area contributed by atoms with Crippen LogP contribution in [0.1, 0.15) is 16.3 Å². The highest BCUT2D eigenvalue weighted by molar-refractivity contribution is 7.16. The molecule has 7 heteroatoms. The molecule has 0 aliphatic carbocycles. The van der Waals surface area contributed by atoms with Crippen LogP contribution in [0.2, 0.25) is 0 Å². The van der Waals surface area contributed by atoms with Crippen molar-refractivity contribution in [2.45, 2.75) is 6.42 Å². The Kier molecular flexibility index (Phi) is 4.49. The second kappa shape index (κ2) is 6.89. The number of phenols is 1. The minimum absolute atomic E-state index is 0.136. The number of benzene rings is 1. The van der Waals surface area contributed by atoms with E-state index in [0.717, 1.165) is 11.3 Å². The summed E-state index contributed by atoms with van der Waals surface area (Å²) in [5.41, 5.74) is 0.727. The Labute approximate surface area is 136 Å². The van der Waals surface area contributed by atoms with E-state index in [2.05, 4.69) is 15.5 Å². The molecular weight excluding hydrogens is 314 g/mol. The molecule has 0 spiro atoms. The largest absolute Gasteiger partial charge is 0.508 e. The summed E-state index contributed by atoms with van der Waals surface area (Å²) in [6.07, 6.45) is 5.29. The fourth-order valence-electron chi connectivity index (χ4n) is 1.91. The number of rotatable bonds is 5. The van der Waals surface area contributed by atoms with Gasteiger partial charge in [0.1, 0.15) is 16.5 Å². The third-order valence-electron chi connectivity index (χ3n) is 2.90. The zero-order valence-electron chi connectivity index (χ0n) is 12.0. The quantitative estimate of drug-likeness (QED) is 0.751. The van der Waals surface area contributed by atoms with Crippen molar-refractivity contribution in [3.8, 4) is 5.75 Å². The minimum atomic E-state index is -0.215. The topological polar surface area (TPSA) is 88.2 Å². The van der Waals surface area contributed by atoms with Gasteiger partial charge in [-0.1, -0.05) is 23.5 Å². The first-order valence-electron chi connectivity index (χ1n) is 6.82. The number of carbonyl (C=O) groups excluding carboxylic acids is 1. The average molecular weight is 327 g/mol. The first-order chi connectivity index (χ1) is 11.2. The maximum Gasteiger partial charge on any atom is 0.230 e. The van der Waals surface area contributed by atoms with Crippen LogP contribution in [0.4, 0.5) is 5.13 Å². The molecule has 0 aliphatic rings. The van der Waals surface area contributed by atoms with Crippen LogP contribution in [0.15, 0.2) is 47.1 Å². The van der Waals surface area contributed by atoms with Gasteiger partial charge in [-0.3, -0.25) is 4.79 Å². The van der Waals surface area contributed by atoms with E-state index in [4.69, 9.17) is 4.42 Å². The van der Waals surface area contributed by atoms with Crippen LogP contribution in [-0.4, -0.2) is 21.2 Å². The Morgan fingerprint density at radius 3 is 2.96 bits per heavy atom. The lowest BCUT2D eigenvalue weighted by Crippen LogP contribution is -2.14. The SMILES string of the molecule is O=C(Cc1cccc(O)c1)Nc1nnc(C=Cc2ccco2)s1. The zero-order valence-corrected chi connectivity index (χ0v) is 12.8. The molecule has 0 saturated heterocycles. The van der Waals surface area contributed by atoms with E-state index in [9.17, 15) is 9.90 Å². The van der Waals surface area contributed by atoms with Gasteiger partial charge >= 0.3 is 0 Å². The Morgan fingerprint density at radius 1 is 1.26 bits per heavy atom. The number of anilines is 1. The van der Waals surface area contributed by atoms with Gasteiger partial charge in [0.15, 0.2) is 0 Å². The fraction of sp³-hybridized carbons (Fsp3) is 0.0625. The van der Waals surface area contributed by atoms with E-state index in [1.54, 1.807) is 48.7 Å². The molecule has 0 bridgehead atoms. The van der Waals surface area contributed by atoms with Gasteiger partial charge in [0.2, 0.25) is 11.0 Å². The molecule has 0 saturated carbocycles. The normalized spacial score (nSPS) is 11.0. The van der Waals surface area contributed by atoms with Gasteiger partial charge in [-0.15, -0.1) is 10.2 Å². The second-order valence-corrected chi connectivity index (χ2v) is 5.70. The van der Waals surface area contributed by atoms with Crippen molar-refractivity contribution >= 4 is 34.5 Å². The van der Waals surface area contributed by atoms with Crippen LogP contribution in [0.25, 0.3) is 12.2 Å². The number of hydrogen-bond donors (Lipinski definition) is 2. The molecule has 23 heavy (non-hydrogen) atoms. The number of aromatic hydroxyl groups is 1. The highest BCUT2D eigenvalue weighted by atomic mass is 32.1. The number of carbonyl (C=O) groups is 1. The van der Waals surface area contributed by atoms with Crippen LogP contribution in [0.3, 0.4) is 0 Å². The highest BCUT2D eigenvalue weighted by Crippen LogP contribution is 2.18. The zero-order chi connectivity index (χ0) is 16.1. The van der Waals surface area contributed by atoms with Crippen LogP contribution in [0.5, 0.6) is 5.75 Å². The van der Waals surface area contributed by atoms with Crippen LogP contribution in [0, 0.1) is 0 Å². The molecule has 3 rings (SSSR count). The molecule has 0 atom stereocenters. The van der Waals surface area contributed by atoms with Gasteiger partial charge in [-0.2, -0.15) is 0 Å². The van der Waals surface area contributed by atoms with Crippen molar-refractivity contribution in [3.05, 3.63) is 59.0 Å². The molecule has 116 valence electrons. The first-order valence-corrected chi connectivity index (χ1v) is 7.63. The first kappa shape index (κ1) is 15.0. The Hall–Kier alpha value is -2.93. The standard InChI is InChI=1S/C16H13N3O3S/c20-12-4-1-3-11(9-12)10-14(21)17-16-19-18-15(23-16)7-6-13-5-2-8-22-13/h1-9,20H,10H2,(H,17,19,21). The van der Waals surface area contributed by atoms with Gasteiger partial charge < -0.3 is 14.8 Å². The summed E-state index contributed by atoms with van der Waals surface area (Å²) in [6, 6.07) is 10.2. The summed E-state index contributed by atoms with van der Waals surface area (Å²) < 4.78 is 5.18. The van der Waals surface area contributed by atoms with Crippen LogP contribution >= 0.6 is 11.3 Å². The minimum Gasteiger partial charge on any atom is -0.508 e. The summed E-state index contributed by atoms with van der Waals surface area (Å²) in [7, 11) is 0. The predicted molar refractivity (Wildman–Crippen MR) is 88.0 cm³/mol. The molecule has 0 fully saturated rings. The van der Waals surface area contributed by atoms with Crippen molar-refractivity contribution in [1.29, 1.82) is 0 Å². The summed E-state index contributed by atoms with van der Waals surface area (Å²) in [5.74, 6) is 0.638. The van der Waals surface area contributed by atoms with Crippen molar-refractivity contribution in [1.82, 2.24) is 10.2 Å². The van der Waals surface area contributed by atoms with Crippen LogP contribution < -0.4 is 5.32 Å². The fourth-order valence-corrected chi connectivity index (χ4v) is 2.57. The number of furan rings is 1. The molecule has 1 amide bonds. The second-order valence-electron chi connectivity index (χ2n) is 4.69. The summed E-state index contributed by atoms with van der Waals surface area (Å²) in [6.45, 7) is 0. The summed E-state index contributed by atoms with van der Waals surface area (Å²) in [5, 5.41) is 21.1. The van der Waals surface area contributed by atoms with Gasteiger partial charge in [-0.25, -0.2) is 0 Å². The molecule has 0 unspecified atom stereocenters. The maximum absolute atomic E-state index is 12.0. The Morgan fingerprint density at radius 2 is 2.17 bits per heavy atom. The third-order valence-corrected chi connectivity index (χ3v) is 3.70. The number of phenolic OH excluding ortho intramolecular Hbond substituents is 1. The number of amides is 1.